The van der Waals surface area contributed by atoms with Crippen LogP contribution in [0.5, 0.6) is 11.5 Å². The lowest BCUT2D eigenvalue weighted by atomic mass is 10.0. The van der Waals surface area contributed by atoms with Gasteiger partial charge in [-0.05, 0) is 36.8 Å². The number of hydrogen-bond donors (Lipinski definition) is 1. The van der Waals surface area contributed by atoms with Crippen LogP contribution in [0.4, 0.5) is 4.39 Å². The second-order valence-corrected chi connectivity index (χ2v) is 5.94. The minimum Gasteiger partial charge on any atom is -0.490 e. The zero-order chi connectivity index (χ0) is 19.1. The molecule has 2 rings (SSSR count). The molecule has 0 amide bonds. The van der Waals surface area contributed by atoms with E-state index < -0.39 is 18.4 Å². The van der Waals surface area contributed by atoms with Crippen LogP contribution in [0, 0.1) is 17.1 Å². The van der Waals surface area contributed by atoms with Gasteiger partial charge in [-0.15, -0.1) is 0 Å². The first-order valence-corrected chi connectivity index (χ1v) is 8.43. The van der Waals surface area contributed by atoms with Crippen LogP contribution in [-0.4, -0.2) is 24.3 Å². The molecule has 1 N–H and O–H groups in total. The molecule has 0 bridgehead atoms. The smallest absolute Gasteiger partial charge is 0.341 e. The predicted molar refractivity (Wildman–Crippen MR) is 98.3 cm³/mol. The fourth-order valence-electron chi connectivity index (χ4n) is 2.19. The summed E-state index contributed by atoms with van der Waals surface area (Å²) < 4.78 is 25.2. The van der Waals surface area contributed by atoms with Crippen LogP contribution in [0.25, 0.3) is 11.6 Å². The molecule has 0 aliphatic carbocycles. The summed E-state index contributed by atoms with van der Waals surface area (Å²) >= 11 is 3.36. The summed E-state index contributed by atoms with van der Waals surface area (Å²) in [5, 5.41) is 18.2. The standard InChI is InChI=1S/C19H15BrFNO4/c1-2-25-17-8-12(15(20)9-18(17)26-11-19(23)24)7-13(10-22)14-5-3-4-6-16(14)21/h3-9H,2,11H2,1H3,(H,23,24)/b13-7-. The van der Waals surface area contributed by atoms with Crippen LogP contribution in [0.1, 0.15) is 18.1 Å². The summed E-state index contributed by atoms with van der Waals surface area (Å²) in [5.41, 5.74) is 0.896. The third-order valence-electron chi connectivity index (χ3n) is 3.30. The maximum atomic E-state index is 14.0. The van der Waals surface area contributed by atoms with E-state index in [4.69, 9.17) is 14.6 Å². The lowest BCUT2D eigenvalue weighted by Crippen LogP contribution is -2.10. The molecule has 0 saturated carbocycles. The highest BCUT2D eigenvalue weighted by atomic mass is 79.9. The van der Waals surface area contributed by atoms with Crippen molar-refractivity contribution in [2.75, 3.05) is 13.2 Å². The number of rotatable bonds is 7. The number of carboxylic acids is 1. The normalized spacial score (nSPS) is 10.9. The lowest BCUT2D eigenvalue weighted by Gasteiger charge is -2.13. The molecule has 0 aliphatic rings. The van der Waals surface area contributed by atoms with E-state index in [0.29, 0.717) is 22.4 Å². The Morgan fingerprint density at radius 2 is 2.00 bits per heavy atom. The van der Waals surface area contributed by atoms with Crippen molar-refractivity contribution in [3.05, 3.63) is 57.8 Å². The van der Waals surface area contributed by atoms with Crippen molar-refractivity contribution in [2.24, 2.45) is 0 Å². The summed E-state index contributed by atoms with van der Waals surface area (Å²) in [4.78, 5) is 10.7. The van der Waals surface area contributed by atoms with E-state index in [9.17, 15) is 14.4 Å². The molecule has 2 aromatic rings. The second kappa shape index (κ2) is 9.02. The van der Waals surface area contributed by atoms with Crippen LogP contribution in [-0.2, 0) is 4.79 Å². The predicted octanol–water partition coefficient (Wildman–Crippen LogP) is 4.51. The van der Waals surface area contributed by atoms with Gasteiger partial charge in [-0.25, -0.2) is 9.18 Å². The number of ether oxygens (including phenoxy) is 2. The highest BCUT2D eigenvalue weighted by molar-refractivity contribution is 9.10. The van der Waals surface area contributed by atoms with Crippen molar-refractivity contribution in [2.45, 2.75) is 6.92 Å². The number of allylic oxidation sites excluding steroid dienone is 1. The number of halogens is 2. The average Bonchev–Trinajstić information content (AvgIpc) is 2.61. The molecule has 0 fully saturated rings. The van der Waals surface area contributed by atoms with E-state index in [1.165, 1.54) is 18.2 Å². The van der Waals surface area contributed by atoms with Gasteiger partial charge in [-0.3, -0.25) is 0 Å². The maximum absolute atomic E-state index is 14.0. The Balaban J connectivity index is 2.48. The van der Waals surface area contributed by atoms with Gasteiger partial charge in [0.2, 0.25) is 0 Å². The molecule has 26 heavy (non-hydrogen) atoms. The van der Waals surface area contributed by atoms with Crippen molar-refractivity contribution in [3.8, 4) is 17.6 Å². The summed E-state index contributed by atoms with van der Waals surface area (Å²) in [7, 11) is 0. The Kier molecular flexibility index (Phi) is 6.75. The number of carboxylic acid groups (broad SMARTS) is 1. The number of aliphatic carboxylic acids is 1. The van der Waals surface area contributed by atoms with E-state index in [-0.39, 0.29) is 16.9 Å². The average molecular weight is 420 g/mol. The monoisotopic (exact) mass is 419 g/mol. The number of nitrogens with zero attached hydrogens (tertiary/aromatic N) is 1. The SMILES string of the molecule is CCOc1cc(/C=C(/C#N)c2ccccc2F)c(Br)cc1OCC(=O)O. The molecular weight excluding hydrogens is 405 g/mol. The number of nitriles is 1. The minimum atomic E-state index is -1.11. The van der Waals surface area contributed by atoms with E-state index in [1.807, 2.05) is 6.07 Å². The van der Waals surface area contributed by atoms with Gasteiger partial charge >= 0.3 is 5.97 Å². The van der Waals surface area contributed by atoms with Gasteiger partial charge < -0.3 is 14.6 Å². The first kappa shape index (κ1) is 19.5. The van der Waals surface area contributed by atoms with Crippen LogP contribution in [0.2, 0.25) is 0 Å². The third kappa shape index (κ3) is 4.83. The van der Waals surface area contributed by atoms with Crippen molar-refractivity contribution < 1.29 is 23.8 Å². The van der Waals surface area contributed by atoms with Crippen molar-refractivity contribution in [3.63, 3.8) is 0 Å². The molecule has 5 nitrogen and oxygen atoms in total. The first-order valence-electron chi connectivity index (χ1n) is 7.63. The van der Waals surface area contributed by atoms with Gasteiger partial charge in [0.25, 0.3) is 0 Å². The minimum absolute atomic E-state index is 0.144. The van der Waals surface area contributed by atoms with E-state index in [2.05, 4.69) is 15.9 Å². The Morgan fingerprint density at radius 1 is 1.31 bits per heavy atom. The first-order chi connectivity index (χ1) is 12.5. The number of carbonyl (C=O) groups is 1. The summed E-state index contributed by atoms with van der Waals surface area (Å²) in [5.74, 6) is -1.03. The van der Waals surface area contributed by atoms with E-state index in [0.717, 1.165) is 0 Å². The summed E-state index contributed by atoms with van der Waals surface area (Å²) in [6.45, 7) is 1.60. The third-order valence-corrected chi connectivity index (χ3v) is 3.99. The fraction of sp³-hybridized carbons (Fsp3) is 0.158. The fourth-order valence-corrected chi connectivity index (χ4v) is 2.62. The number of hydrogen-bond acceptors (Lipinski definition) is 4. The van der Waals surface area contributed by atoms with Gasteiger partial charge in [-0.2, -0.15) is 5.26 Å². The molecule has 0 heterocycles. The highest BCUT2D eigenvalue weighted by Crippen LogP contribution is 2.35. The zero-order valence-corrected chi connectivity index (χ0v) is 15.4. The molecule has 0 aliphatic heterocycles. The molecule has 2 aromatic carbocycles. The molecule has 0 unspecified atom stereocenters. The zero-order valence-electron chi connectivity index (χ0n) is 13.8. The summed E-state index contributed by atoms with van der Waals surface area (Å²) in [6.07, 6.45) is 1.52. The molecule has 0 spiro atoms. The summed E-state index contributed by atoms with van der Waals surface area (Å²) in [6, 6.07) is 11.1. The molecule has 7 heteroatoms. The van der Waals surface area contributed by atoms with Gasteiger partial charge in [-0.1, -0.05) is 34.1 Å². The molecule has 0 aromatic heterocycles. The Hall–Kier alpha value is -2.85. The lowest BCUT2D eigenvalue weighted by molar-refractivity contribution is -0.139. The molecule has 0 saturated heterocycles. The topological polar surface area (TPSA) is 79.5 Å². The van der Waals surface area contributed by atoms with Gasteiger partial charge in [0.1, 0.15) is 5.82 Å². The number of benzene rings is 2. The Morgan fingerprint density at radius 3 is 2.62 bits per heavy atom. The van der Waals surface area contributed by atoms with E-state index in [1.54, 1.807) is 31.2 Å². The Labute approximate surface area is 158 Å². The van der Waals surface area contributed by atoms with Gasteiger partial charge in [0, 0.05) is 10.0 Å². The largest absolute Gasteiger partial charge is 0.490 e. The van der Waals surface area contributed by atoms with Crippen molar-refractivity contribution >= 4 is 33.5 Å². The van der Waals surface area contributed by atoms with Crippen LogP contribution in [0.15, 0.2) is 40.9 Å². The van der Waals surface area contributed by atoms with Crippen LogP contribution in [0.3, 0.4) is 0 Å². The molecule has 0 radical (unpaired) electrons. The highest BCUT2D eigenvalue weighted by Gasteiger charge is 2.13. The second-order valence-electron chi connectivity index (χ2n) is 5.09. The van der Waals surface area contributed by atoms with Crippen LogP contribution >= 0.6 is 15.9 Å². The van der Waals surface area contributed by atoms with E-state index >= 15 is 0 Å². The van der Waals surface area contributed by atoms with Crippen LogP contribution < -0.4 is 9.47 Å². The van der Waals surface area contributed by atoms with Gasteiger partial charge in [0.05, 0.1) is 18.2 Å². The van der Waals surface area contributed by atoms with Gasteiger partial charge in [0.15, 0.2) is 18.1 Å². The Bertz CT molecular complexity index is 890. The molecule has 134 valence electrons. The van der Waals surface area contributed by atoms with Crippen molar-refractivity contribution in [1.29, 1.82) is 5.26 Å². The van der Waals surface area contributed by atoms with Crippen molar-refractivity contribution in [1.82, 2.24) is 0 Å². The molecule has 0 atom stereocenters. The molecular formula is C19H15BrFNO4. The quantitative estimate of drug-likeness (QED) is 0.527. The maximum Gasteiger partial charge on any atom is 0.341 e.